The normalized spacial score (nSPS) is 19.0. The first-order chi connectivity index (χ1) is 11.4. The molecule has 0 spiro atoms. The maximum Gasteiger partial charge on any atom is 0.262 e. The van der Waals surface area contributed by atoms with E-state index in [2.05, 4.69) is 15.6 Å². The molecule has 1 fully saturated rings. The average Bonchev–Trinajstić information content (AvgIpc) is 2.92. The van der Waals surface area contributed by atoms with Crippen molar-refractivity contribution >= 4 is 11.6 Å². The van der Waals surface area contributed by atoms with Crippen LogP contribution < -0.4 is 15.4 Å². The van der Waals surface area contributed by atoms with Crippen LogP contribution in [0.2, 0.25) is 0 Å². The summed E-state index contributed by atoms with van der Waals surface area (Å²) in [6.45, 7) is 1.50. The van der Waals surface area contributed by atoms with Gasteiger partial charge in [-0.15, -0.1) is 0 Å². The van der Waals surface area contributed by atoms with Gasteiger partial charge in [0.25, 0.3) is 5.92 Å². The highest BCUT2D eigenvalue weighted by Gasteiger charge is 2.42. The molecule has 1 saturated heterocycles. The molecule has 1 amide bonds. The van der Waals surface area contributed by atoms with Crippen LogP contribution in [0.25, 0.3) is 0 Å². The number of alkyl halides is 2. The number of rotatable bonds is 4. The predicted molar refractivity (Wildman–Crippen MR) is 85.5 cm³/mol. The molecule has 2 heterocycles. The van der Waals surface area contributed by atoms with Gasteiger partial charge in [0.15, 0.2) is 0 Å². The minimum Gasteiger partial charge on any atom is -0.439 e. The molecule has 0 aliphatic carbocycles. The summed E-state index contributed by atoms with van der Waals surface area (Å²) in [5.41, 5.74) is 1.55. The molecule has 1 aromatic carbocycles. The summed E-state index contributed by atoms with van der Waals surface area (Å²) < 4.78 is 31.8. The van der Waals surface area contributed by atoms with E-state index in [9.17, 15) is 13.6 Å². The quantitative estimate of drug-likeness (QED) is 0.902. The smallest absolute Gasteiger partial charge is 0.262 e. The molecule has 126 valence electrons. The first kappa shape index (κ1) is 16.3. The highest BCUT2D eigenvalue weighted by molar-refractivity contribution is 5.95. The van der Waals surface area contributed by atoms with Crippen LogP contribution >= 0.6 is 0 Å². The second-order valence-corrected chi connectivity index (χ2v) is 5.78. The molecule has 2 N–H and O–H groups in total. The van der Waals surface area contributed by atoms with E-state index in [0.29, 0.717) is 17.3 Å². The number of pyridine rings is 1. The zero-order valence-electron chi connectivity index (χ0n) is 13.1. The Morgan fingerprint density at radius 1 is 1.29 bits per heavy atom. The lowest BCUT2D eigenvalue weighted by Gasteiger charge is -2.11. The Bertz CT molecular complexity index is 718. The van der Waals surface area contributed by atoms with Crippen molar-refractivity contribution in [1.29, 1.82) is 0 Å². The summed E-state index contributed by atoms with van der Waals surface area (Å²) in [5, 5.41) is 5.08. The molecule has 1 aliphatic heterocycles. The molecule has 0 radical (unpaired) electrons. The van der Waals surface area contributed by atoms with Crippen molar-refractivity contribution in [1.82, 2.24) is 10.3 Å². The Morgan fingerprint density at radius 2 is 2.04 bits per heavy atom. The van der Waals surface area contributed by atoms with Crippen molar-refractivity contribution in [2.75, 3.05) is 11.9 Å². The fourth-order valence-electron chi connectivity index (χ4n) is 2.37. The third kappa shape index (κ3) is 4.05. The number of nitrogens with one attached hydrogen (secondary N) is 2. The van der Waals surface area contributed by atoms with Crippen molar-refractivity contribution in [3.8, 4) is 11.6 Å². The number of anilines is 1. The zero-order valence-corrected chi connectivity index (χ0v) is 13.1. The molecule has 0 saturated carbocycles. The largest absolute Gasteiger partial charge is 0.439 e. The van der Waals surface area contributed by atoms with Crippen molar-refractivity contribution < 1.29 is 18.3 Å². The number of nitrogens with zero attached hydrogens (tertiary/aromatic N) is 1. The molecule has 24 heavy (non-hydrogen) atoms. The molecule has 1 atom stereocenters. The monoisotopic (exact) mass is 333 g/mol. The third-order valence-electron chi connectivity index (χ3n) is 3.67. The Morgan fingerprint density at radius 3 is 2.62 bits per heavy atom. The van der Waals surface area contributed by atoms with Crippen LogP contribution in [0.4, 0.5) is 14.5 Å². The Balaban J connectivity index is 1.58. The minimum atomic E-state index is -2.84. The molecule has 1 aliphatic rings. The van der Waals surface area contributed by atoms with E-state index in [1.165, 1.54) is 6.20 Å². The molecule has 7 heteroatoms. The van der Waals surface area contributed by atoms with Crippen molar-refractivity contribution in [3.05, 3.63) is 48.2 Å². The van der Waals surface area contributed by atoms with E-state index >= 15 is 0 Å². The Kier molecular flexibility index (Phi) is 4.44. The zero-order chi connectivity index (χ0) is 17.2. The molecule has 1 aromatic heterocycles. The maximum atomic E-state index is 13.1. The Hall–Kier alpha value is -2.54. The summed E-state index contributed by atoms with van der Waals surface area (Å²) >= 11 is 0. The predicted octanol–water partition coefficient (Wildman–Crippen LogP) is 3.12. The summed E-state index contributed by atoms with van der Waals surface area (Å²) in [7, 11) is 0. The first-order valence-corrected chi connectivity index (χ1v) is 7.54. The lowest BCUT2D eigenvalue weighted by Crippen LogP contribution is -2.35. The topological polar surface area (TPSA) is 63.2 Å². The van der Waals surface area contributed by atoms with Crippen LogP contribution in [0, 0.1) is 6.92 Å². The number of ether oxygens (including phenoxy) is 1. The van der Waals surface area contributed by atoms with Crippen molar-refractivity contribution in [2.24, 2.45) is 0 Å². The molecular weight excluding hydrogens is 316 g/mol. The van der Waals surface area contributed by atoms with Crippen LogP contribution in [0.15, 0.2) is 42.6 Å². The van der Waals surface area contributed by atoms with Crippen molar-refractivity contribution in [2.45, 2.75) is 25.3 Å². The van der Waals surface area contributed by atoms with Gasteiger partial charge in [-0.3, -0.25) is 10.1 Å². The molecular formula is C17H17F2N3O2. The number of carbonyl (C=O) groups is 1. The van der Waals surface area contributed by atoms with Gasteiger partial charge in [-0.05, 0) is 25.1 Å². The van der Waals surface area contributed by atoms with Gasteiger partial charge < -0.3 is 10.1 Å². The number of carbonyl (C=O) groups excluding carboxylic acids is 1. The Labute approximate surface area is 138 Å². The number of hydrogen-bond acceptors (Lipinski definition) is 4. The summed E-state index contributed by atoms with van der Waals surface area (Å²) in [6.07, 6.45) is 0.926. The average molecular weight is 333 g/mol. The van der Waals surface area contributed by atoms with Crippen LogP contribution in [0.3, 0.4) is 0 Å². The lowest BCUT2D eigenvalue weighted by molar-refractivity contribution is -0.118. The van der Waals surface area contributed by atoms with E-state index < -0.39 is 30.8 Å². The SMILES string of the molecule is Cc1ccc(Oc2ccc(NC(=O)C3CC(F)(F)CN3)cn2)cc1. The summed E-state index contributed by atoms with van der Waals surface area (Å²) in [6, 6.07) is 9.83. The maximum absolute atomic E-state index is 13.1. The van der Waals surface area contributed by atoms with Gasteiger partial charge in [-0.2, -0.15) is 0 Å². The van der Waals surface area contributed by atoms with Gasteiger partial charge >= 0.3 is 0 Å². The van der Waals surface area contributed by atoms with Crippen LogP contribution in [0.1, 0.15) is 12.0 Å². The second kappa shape index (κ2) is 6.52. The first-order valence-electron chi connectivity index (χ1n) is 7.54. The fourth-order valence-corrected chi connectivity index (χ4v) is 2.37. The van der Waals surface area contributed by atoms with E-state index in [1.54, 1.807) is 12.1 Å². The van der Waals surface area contributed by atoms with Gasteiger partial charge in [0.2, 0.25) is 11.8 Å². The van der Waals surface area contributed by atoms with Gasteiger partial charge in [-0.25, -0.2) is 13.8 Å². The van der Waals surface area contributed by atoms with E-state index in [0.717, 1.165) is 5.56 Å². The molecule has 1 unspecified atom stereocenters. The number of halogens is 2. The number of aromatic nitrogens is 1. The number of benzene rings is 1. The fraction of sp³-hybridized carbons (Fsp3) is 0.294. The third-order valence-corrected chi connectivity index (χ3v) is 3.67. The standard InChI is InChI=1S/C17H17F2N3O2/c1-11-2-5-13(6-3-11)24-15-7-4-12(9-20-15)22-16(23)14-8-17(18,19)10-21-14/h2-7,9,14,21H,8,10H2,1H3,(H,22,23). The van der Waals surface area contributed by atoms with E-state index in [1.807, 2.05) is 31.2 Å². The van der Waals surface area contributed by atoms with Gasteiger partial charge in [0.05, 0.1) is 24.5 Å². The number of amides is 1. The molecule has 3 rings (SSSR count). The molecule has 0 bridgehead atoms. The second-order valence-electron chi connectivity index (χ2n) is 5.78. The van der Waals surface area contributed by atoms with E-state index in [-0.39, 0.29) is 0 Å². The molecule has 2 aromatic rings. The minimum absolute atomic E-state index is 0.377. The summed E-state index contributed by atoms with van der Waals surface area (Å²) in [4.78, 5) is 16.0. The van der Waals surface area contributed by atoms with Gasteiger partial charge in [-0.1, -0.05) is 17.7 Å². The highest BCUT2D eigenvalue weighted by Crippen LogP contribution is 2.26. The van der Waals surface area contributed by atoms with Gasteiger partial charge in [0, 0.05) is 12.5 Å². The van der Waals surface area contributed by atoms with Crippen LogP contribution in [0.5, 0.6) is 11.6 Å². The highest BCUT2D eigenvalue weighted by atomic mass is 19.3. The van der Waals surface area contributed by atoms with E-state index in [4.69, 9.17) is 4.74 Å². The molecule has 5 nitrogen and oxygen atoms in total. The number of hydrogen-bond donors (Lipinski definition) is 2. The number of aryl methyl sites for hydroxylation is 1. The van der Waals surface area contributed by atoms with Crippen molar-refractivity contribution in [3.63, 3.8) is 0 Å². The lowest BCUT2D eigenvalue weighted by atomic mass is 10.2. The van der Waals surface area contributed by atoms with Gasteiger partial charge in [0.1, 0.15) is 5.75 Å². The van der Waals surface area contributed by atoms with Crippen LogP contribution in [-0.2, 0) is 4.79 Å². The summed E-state index contributed by atoms with van der Waals surface area (Å²) in [5.74, 6) is -2.31. The van der Waals surface area contributed by atoms with Crippen LogP contribution in [-0.4, -0.2) is 29.4 Å².